The molecule has 10 heteroatoms. The summed E-state index contributed by atoms with van der Waals surface area (Å²) in [5.74, 6) is 0.0153. The second-order valence-corrected chi connectivity index (χ2v) is 7.83. The Kier molecular flexibility index (Phi) is 5.48. The second-order valence-electron chi connectivity index (χ2n) is 7.83. The molecule has 4 aromatic rings. The molecule has 0 atom stereocenters. The first-order chi connectivity index (χ1) is 16.4. The number of nitrogens with zero attached hydrogens (tertiary/aromatic N) is 5. The predicted octanol–water partition coefficient (Wildman–Crippen LogP) is 5.28. The van der Waals surface area contributed by atoms with Crippen molar-refractivity contribution < 1.29 is 18.3 Å². The molecule has 0 aliphatic carbocycles. The summed E-state index contributed by atoms with van der Waals surface area (Å²) >= 11 is 0. The van der Waals surface area contributed by atoms with Gasteiger partial charge in [0.15, 0.2) is 0 Å². The van der Waals surface area contributed by atoms with E-state index in [1.54, 1.807) is 29.6 Å². The Hall–Kier alpha value is -4.21. The molecule has 1 N–H and O–H groups in total. The minimum Gasteiger partial charge on any atom is -0.435 e. The van der Waals surface area contributed by atoms with E-state index in [-0.39, 0.29) is 18.3 Å². The van der Waals surface area contributed by atoms with E-state index >= 15 is 0 Å². The number of hydrogen-bond acceptors (Lipinski definition) is 5. The molecule has 0 unspecified atom stereocenters. The van der Waals surface area contributed by atoms with Gasteiger partial charge in [-0.15, -0.1) is 0 Å². The Bertz CT molecular complexity index is 1360. The van der Waals surface area contributed by atoms with E-state index in [9.17, 15) is 13.6 Å². The number of hydrogen-bond donors (Lipinski definition) is 1. The average Bonchev–Trinajstić information content (AvgIpc) is 3.19. The molecule has 0 spiro atoms. The summed E-state index contributed by atoms with van der Waals surface area (Å²) in [6, 6.07) is 13.2. The summed E-state index contributed by atoms with van der Waals surface area (Å²) in [4.78, 5) is 25.9. The molecule has 0 bridgehead atoms. The van der Waals surface area contributed by atoms with Gasteiger partial charge in [0.1, 0.15) is 5.75 Å². The molecule has 1 aliphatic heterocycles. The summed E-state index contributed by atoms with van der Waals surface area (Å²) in [5, 5.41) is 3.21. The van der Waals surface area contributed by atoms with Crippen LogP contribution in [0.2, 0.25) is 0 Å². The number of anilines is 4. The topological polar surface area (TPSA) is 75.5 Å². The van der Waals surface area contributed by atoms with Crippen molar-refractivity contribution in [2.45, 2.75) is 20.1 Å². The van der Waals surface area contributed by atoms with Crippen molar-refractivity contribution in [2.24, 2.45) is 7.05 Å². The zero-order valence-corrected chi connectivity index (χ0v) is 18.6. The predicted molar refractivity (Wildman–Crippen MR) is 126 cm³/mol. The van der Waals surface area contributed by atoms with E-state index in [1.807, 2.05) is 42.8 Å². The molecule has 0 saturated carbocycles. The van der Waals surface area contributed by atoms with Gasteiger partial charge >= 0.3 is 12.6 Å². The van der Waals surface area contributed by atoms with E-state index in [0.29, 0.717) is 29.3 Å². The van der Waals surface area contributed by atoms with Gasteiger partial charge in [-0.05, 0) is 55.5 Å². The van der Waals surface area contributed by atoms with Crippen molar-refractivity contribution in [1.82, 2.24) is 14.5 Å². The van der Waals surface area contributed by atoms with Crippen LogP contribution >= 0.6 is 0 Å². The van der Waals surface area contributed by atoms with E-state index in [1.165, 1.54) is 17.0 Å². The van der Waals surface area contributed by atoms with Crippen LogP contribution in [0.4, 0.5) is 36.3 Å². The quantitative estimate of drug-likeness (QED) is 0.420. The summed E-state index contributed by atoms with van der Waals surface area (Å²) < 4.78 is 31.5. The number of halogens is 2. The van der Waals surface area contributed by atoms with Crippen LogP contribution in [0.5, 0.6) is 5.75 Å². The summed E-state index contributed by atoms with van der Waals surface area (Å²) in [5.41, 5.74) is 5.05. The van der Waals surface area contributed by atoms with E-state index in [2.05, 4.69) is 20.0 Å². The Morgan fingerprint density at radius 2 is 1.85 bits per heavy atom. The summed E-state index contributed by atoms with van der Waals surface area (Å²) in [6.07, 6.45) is 3.46. The standard InChI is InChI=1S/C24H22F2N6O2/c1-3-27-15-10-22-20(28-12-15)13-31(17-6-9-19-21(11-17)30(2)14-29-19)24(33)32(22)16-4-7-18(8-5-16)34-23(25)26/h4-12,14,23,27H,3,13H2,1-2H3. The monoisotopic (exact) mass is 464 g/mol. The number of amides is 2. The number of carbonyl (C=O) groups excluding carboxylic acids is 1. The largest absolute Gasteiger partial charge is 0.435 e. The van der Waals surface area contributed by atoms with Crippen LogP contribution in [0, 0.1) is 0 Å². The highest BCUT2D eigenvalue weighted by Gasteiger charge is 2.34. The lowest BCUT2D eigenvalue weighted by Gasteiger charge is -2.36. The van der Waals surface area contributed by atoms with Gasteiger partial charge < -0.3 is 14.6 Å². The lowest BCUT2D eigenvalue weighted by atomic mass is 10.1. The Balaban J connectivity index is 1.59. The van der Waals surface area contributed by atoms with Gasteiger partial charge in [0.2, 0.25) is 0 Å². The molecule has 5 rings (SSSR count). The molecular formula is C24H22F2N6O2. The van der Waals surface area contributed by atoms with Gasteiger partial charge in [-0.25, -0.2) is 9.78 Å². The molecule has 34 heavy (non-hydrogen) atoms. The second kappa shape index (κ2) is 8.62. The number of fused-ring (bicyclic) bond motifs is 2. The molecule has 2 aromatic carbocycles. The van der Waals surface area contributed by atoms with Crippen LogP contribution in [0.15, 0.2) is 61.1 Å². The number of carbonyl (C=O) groups is 1. The number of aromatic nitrogens is 3. The van der Waals surface area contributed by atoms with Crippen LogP contribution in [-0.2, 0) is 13.6 Å². The van der Waals surface area contributed by atoms with Crippen LogP contribution < -0.4 is 19.9 Å². The molecule has 3 heterocycles. The number of alkyl halides is 2. The first kappa shape index (κ1) is 21.6. The highest BCUT2D eigenvalue weighted by molar-refractivity contribution is 6.11. The zero-order chi connectivity index (χ0) is 23.8. The lowest BCUT2D eigenvalue weighted by Crippen LogP contribution is -2.45. The maximum Gasteiger partial charge on any atom is 0.387 e. The van der Waals surface area contributed by atoms with E-state index in [0.717, 1.165) is 16.7 Å². The Morgan fingerprint density at radius 3 is 2.59 bits per heavy atom. The summed E-state index contributed by atoms with van der Waals surface area (Å²) in [7, 11) is 1.89. The van der Waals surface area contributed by atoms with Crippen molar-refractivity contribution in [1.29, 1.82) is 0 Å². The molecule has 2 amide bonds. The number of pyridine rings is 1. The number of imidazole rings is 1. The highest BCUT2D eigenvalue weighted by Crippen LogP contribution is 2.38. The number of benzene rings is 2. The fourth-order valence-electron chi connectivity index (χ4n) is 4.05. The number of rotatable bonds is 6. The van der Waals surface area contributed by atoms with Crippen molar-refractivity contribution in [3.05, 3.63) is 66.7 Å². The van der Waals surface area contributed by atoms with Crippen molar-refractivity contribution >= 4 is 39.8 Å². The van der Waals surface area contributed by atoms with Gasteiger partial charge in [-0.2, -0.15) is 8.78 Å². The third kappa shape index (κ3) is 3.87. The van der Waals surface area contributed by atoms with Crippen molar-refractivity contribution in [3.8, 4) is 5.75 Å². The van der Waals surface area contributed by atoms with Crippen LogP contribution in [0.3, 0.4) is 0 Å². The Labute approximate surface area is 194 Å². The normalized spacial score (nSPS) is 13.5. The lowest BCUT2D eigenvalue weighted by molar-refractivity contribution is -0.0498. The maximum absolute atomic E-state index is 13.8. The maximum atomic E-state index is 13.8. The van der Waals surface area contributed by atoms with Gasteiger partial charge in [0, 0.05) is 19.3 Å². The highest BCUT2D eigenvalue weighted by atomic mass is 19.3. The van der Waals surface area contributed by atoms with E-state index < -0.39 is 6.61 Å². The zero-order valence-electron chi connectivity index (χ0n) is 18.6. The fraction of sp³-hybridized carbons (Fsp3) is 0.208. The van der Waals surface area contributed by atoms with Gasteiger partial charge in [-0.1, -0.05) is 0 Å². The SMILES string of the molecule is CCNc1cnc2c(c1)N(c1ccc(OC(F)F)cc1)C(=O)N(c1ccc3ncn(C)c3c1)C2. The molecular weight excluding hydrogens is 442 g/mol. The van der Waals surface area contributed by atoms with E-state index in [4.69, 9.17) is 0 Å². The first-order valence-electron chi connectivity index (χ1n) is 10.7. The fourth-order valence-corrected chi connectivity index (χ4v) is 4.05. The van der Waals surface area contributed by atoms with Crippen molar-refractivity contribution in [2.75, 3.05) is 21.7 Å². The first-order valence-corrected chi connectivity index (χ1v) is 10.7. The molecule has 0 fully saturated rings. The number of ether oxygens (including phenoxy) is 1. The number of nitrogens with one attached hydrogen (secondary N) is 1. The molecule has 0 radical (unpaired) electrons. The van der Waals surface area contributed by atoms with Gasteiger partial charge in [0.05, 0.1) is 52.9 Å². The van der Waals surface area contributed by atoms with Crippen molar-refractivity contribution in [3.63, 3.8) is 0 Å². The third-order valence-electron chi connectivity index (χ3n) is 5.64. The minimum absolute atomic E-state index is 0.0153. The van der Waals surface area contributed by atoms with Crippen LogP contribution in [0.25, 0.3) is 11.0 Å². The average molecular weight is 464 g/mol. The number of urea groups is 1. The van der Waals surface area contributed by atoms with Gasteiger partial charge in [0.25, 0.3) is 0 Å². The van der Waals surface area contributed by atoms with Gasteiger partial charge in [-0.3, -0.25) is 14.8 Å². The summed E-state index contributed by atoms with van der Waals surface area (Å²) in [6.45, 7) is 0.0331. The molecule has 174 valence electrons. The molecule has 1 aliphatic rings. The Morgan fingerprint density at radius 1 is 1.09 bits per heavy atom. The number of aryl methyl sites for hydroxylation is 1. The molecule has 8 nitrogen and oxygen atoms in total. The molecule has 2 aromatic heterocycles. The smallest absolute Gasteiger partial charge is 0.387 e. The van der Waals surface area contributed by atoms with Crippen LogP contribution in [0.1, 0.15) is 12.6 Å². The van der Waals surface area contributed by atoms with Crippen LogP contribution in [-0.4, -0.2) is 33.7 Å². The third-order valence-corrected chi connectivity index (χ3v) is 5.64. The minimum atomic E-state index is -2.92. The molecule has 0 saturated heterocycles.